The van der Waals surface area contributed by atoms with E-state index in [1.54, 1.807) is 0 Å². The van der Waals surface area contributed by atoms with E-state index in [-0.39, 0.29) is 19.3 Å². The van der Waals surface area contributed by atoms with Gasteiger partial charge in [-0.2, -0.15) is 0 Å². The first kappa shape index (κ1) is 15.4. The molecule has 1 saturated heterocycles. The predicted octanol–water partition coefficient (Wildman–Crippen LogP) is 0.380. The maximum atomic E-state index is 11.8. The molecule has 0 radical (unpaired) electrons. The highest BCUT2D eigenvalue weighted by atomic mass is 16.5. The first-order valence-electron chi connectivity index (χ1n) is 6.37. The summed E-state index contributed by atoms with van der Waals surface area (Å²) in [4.78, 5) is 33.2. The molecule has 0 bridgehead atoms. The molecule has 1 heterocycles. The van der Waals surface area contributed by atoms with Gasteiger partial charge in [-0.15, -0.1) is 0 Å². The Bertz CT molecular complexity index is 337. The van der Waals surface area contributed by atoms with Crippen molar-refractivity contribution >= 4 is 17.8 Å². The van der Waals surface area contributed by atoms with Gasteiger partial charge in [-0.25, -0.2) is 4.79 Å². The molecule has 2 atom stereocenters. The fourth-order valence-electron chi connectivity index (χ4n) is 1.93. The van der Waals surface area contributed by atoms with E-state index in [2.05, 4.69) is 5.32 Å². The highest BCUT2D eigenvalue weighted by molar-refractivity contribution is 5.86. The summed E-state index contributed by atoms with van der Waals surface area (Å²) in [6.45, 7) is 0.509. The maximum absolute atomic E-state index is 11.8. The summed E-state index contributed by atoms with van der Waals surface area (Å²) in [6.07, 6.45) is 1.99. The first-order valence-corrected chi connectivity index (χ1v) is 6.37. The quantitative estimate of drug-likeness (QED) is 0.618. The standard InChI is InChI=1S/C12H19NO6/c14-10(15)6-3-4-8(12(17)18)13-11(16)9-5-1-2-7-19-9/h8-9H,1-7H2,(H,13,16)(H,14,15)(H,17,18)/t8-,9?/m1/s1. The molecule has 0 spiro atoms. The van der Waals surface area contributed by atoms with Gasteiger partial charge in [0.1, 0.15) is 12.1 Å². The number of amides is 1. The van der Waals surface area contributed by atoms with Gasteiger partial charge in [-0.1, -0.05) is 0 Å². The number of carbonyl (C=O) groups is 3. The van der Waals surface area contributed by atoms with Crippen LogP contribution in [0.15, 0.2) is 0 Å². The van der Waals surface area contributed by atoms with Gasteiger partial charge in [0.2, 0.25) is 5.91 Å². The molecule has 1 amide bonds. The van der Waals surface area contributed by atoms with Crippen LogP contribution in [-0.2, 0) is 19.1 Å². The summed E-state index contributed by atoms with van der Waals surface area (Å²) in [7, 11) is 0. The summed E-state index contributed by atoms with van der Waals surface area (Å²) in [5.41, 5.74) is 0. The number of carboxylic acid groups (broad SMARTS) is 2. The van der Waals surface area contributed by atoms with Gasteiger partial charge in [-0.3, -0.25) is 9.59 Å². The lowest BCUT2D eigenvalue weighted by atomic mass is 10.1. The van der Waals surface area contributed by atoms with Gasteiger partial charge in [0.15, 0.2) is 0 Å². The summed E-state index contributed by atoms with van der Waals surface area (Å²) in [6, 6.07) is -1.06. The summed E-state index contributed by atoms with van der Waals surface area (Å²) >= 11 is 0. The van der Waals surface area contributed by atoms with Gasteiger partial charge >= 0.3 is 11.9 Å². The Morgan fingerprint density at radius 3 is 2.53 bits per heavy atom. The minimum atomic E-state index is -1.16. The normalized spacial score (nSPS) is 20.5. The number of hydrogen-bond donors (Lipinski definition) is 3. The van der Waals surface area contributed by atoms with Crippen LogP contribution < -0.4 is 5.32 Å². The average Bonchev–Trinajstić information content (AvgIpc) is 2.37. The van der Waals surface area contributed by atoms with Crippen molar-refractivity contribution in [2.45, 2.75) is 50.7 Å². The highest BCUT2D eigenvalue weighted by Gasteiger charge is 2.26. The molecule has 7 heteroatoms. The molecule has 1 fully saturated rings. The number of aliphatic carboxylic acids is 2. The Kier molecular flexibility index (Phi) is 6.27. The van der Waals surface area contributed by atoms with E-state index >= 15 is 0 Å². The molecule has 3 N–H and O–H groups in total. The zero-order valence-corrected chi connectivity index (χ0v) is 10.6. The third-order valence-electron chi connectivity index (χ3n) is 2.97. The number of rotatable bonds is 7. The Morgan fingerprint density at radius 1 is 1.26 bits per heavy atom. The van der Waals surface area contributed by atoms with Crippen molar-refractivity contribution in [1.29, 1.82) is 0 Å². The largest absolute Gasteiger partial charge is 0.481 e. The Balaban J connectivity index is 2.41. The van der Waals surface area contributed by atoms with Gasteiger partial charge in [0.25, 0.3) is 0 Å². The minimum absolute atomic E-state index is 0.0973. The van der Waals surface area contributed by atoms with Crippen LogP contribution in [0.4, 0.5) is 0 Å². The number of nitrogens with one attached hydrogen (secondary N) is 1. The molecular formula is C12H19NO6. The summed E-state index contributed by atoms with van der Waals surface area (Å²) in [5, 5.41) is 19.9. The molecule has 0 aromatic carbocycles. The van der Waals surface area contributed by atoms with E-state index in [4.69, 9.17) is 14.9 Å². The zero-order chi connectivity index (χ0) is 14.3. The maximum Gasteiger partial charge on any atom is 0.326 e. The molecule has 1 aliphatic rings. The van der Waals surface area contributed by atoms with Crippen molar-refractivity contribution in [1.82, 2.24) is 5.32 Å². The van der Waals surface area contributed by atoms with Crippen LogP contribution in [0.25, 0.3) is 0 Å². The number of ether oxygens (including phenoxy) is 1. The molecular weight excluding hydrogens is 254 g/mol. The SMILES string of the molecule is O=C(O)CCC[C@@H](NC(=O)C1CCCCO1)C(=O)O. The van der Waals surface area contributed by atoms with Gasteiger partial charge < -0.3 is 20.3 Å². The average molecular weight is 273 g/mol. The van der Waals surface area contributed by atoms with Crippen LogP contribution in [0.3, 0.4) is 0 Å². The summed E-state index contributed by atoms with van der Waals surface area (Å²) < 4.78 is 5.26. The van der Waals surface area contributed by atoms with Gasteiger partial charge in [0, 0.05) is 13.0 Å². The molecule has 0 aromatic heterocycles. The van der Waals surface area contributed by atoms with Gasteiger partial charge in [0.05, 0.1) is 0 Å². The molecule has 7 nitrogen and oxygen atoms in total. The van der Waals surface area contributed by atoms with Crippen molar-refractivity contribution in [2.75, 3.05) is 6.61 Å². The van der Waals surface area contributed by atoms with E-state index in [1.807, 2.05) is 0 Å². The number of hydrogen-bond acceptors (Lipinski definition) is 4. The lowest BCUT2D eigenvalue weighted by Crippen LogP contribution is -2.47. The third kappa shape index (κ3) is 5.69. The van der Waals surface area contributed by atoms with Crippen LogP contribution in [0.2, 0.25) is 0 Å². The molecule has 108 valence electrons. The van der Waals surface area contributed by atoms with Crippen molar-refractivity contribution in [3.63, 3.8) is 0 Å². The Labute approximate surface area is 110 Å². The lowest BCUT2D eigenvalue weighted by Gasteiger charge is -2.23. The number of carboxylic acids is 2. The van der Waals surface area contributed by atoms with Crippen molar-refractivity contribution < 1.29 is 29.3 Å². The monoisotopic (exact) mass is 273 g/mol. The molecule has 1 aliphatic heterocycles. The van der Waals surface area contributed by atoms with Crippen LogP contribution in [-0.4, -0.2) is 46.8 Å². The highest BCUT2D eigenvalue weighted by Crippen LogP contribution is 2.13. The summed E-state index contributed by atoms with van der Waals surface area (Å²) in [5.74, 6) is -2.57. The van der Waals surface area contributed by atoms with Crippen LogP contribution in [0, 0.1) is 0 Å². The minimum Gasteiger partial charge on any atom is -0.481 e. The van der Waals surface area contributed by atoms with Crippen molar-refractivity contribution in [3.05, 3.63) is 0 Å². The third-order valence-corrected chi connectivity index (χ3v) is 2.97. The van der Waals surface area contributed by atoms with Crippen LogP contribution >= 0.6 is 0 Å². The molecule has 1 unspecified atom stereocenters. The second-order valence-electron chi connectivity index (χ2n) is 4.54. The fourth-order valence-corrected chi connectivity index (χ4v) is 1.93. The Hall–Kier alpha value is -1.63. The van der Waals surface area contributed by atoms with Crippen LogP contribution in [0.1, 0.15) is 38.5 Å². The predicted molar refractivity (Wildman–Crippen MR) is 64.6 cm³/mol. The van der Waals surface area contributed by atoms with E-state index in [9.17, 15) is 14.4 Å². The zero-order valence-electron chi connectivity index (χ0n) is 10.6. The first-order chi connectivity index (χ1) is 9.00. The number of carbonyl (C=O) groups excluding carboxylic acids is 1. The molecule has 0 aromatic rings. The second kappa shape index (κ2) is 7.73. The van der Waals surface area contributed by atoms with Gasteiger partial charge in [-0.05, 0) is 32.1 Å². The smallest absolute Gasteiger partial charge is 0.326 e. The molecule has 0 aliphatic carbocycles. The van der Waals surface area contributed by atoms with Crippen LogP contribution in [0.5, 0.6) is 0 Å². The lowest BCUT2D eigenvalue weighted by molar-refractivity contribution is -0.145. The van der Waals surface area contributed by atoms with Crippen molar-refractivity contribution in [3.8, 4) is 0 Å². The van der Waals surface area contributed by atoms with E-state index in [1.165, 1.54) is 0 Å². The van der Waals surface area contributed by atoms with E-state index in [0.29, 0.717) is 13.0 Å². The van der Waals surface area contributed by atoms with E-state index < -0.39 is 30.0 Å². The molecule has 19 heavy (non-hydrogen) atoms. The Morgan fingerprint density at radius 2 is 2.00 bits per heavy atom. The topological polar surface area (TPSA) is 113 Å². The molecule has 1 rings (SSSR count). The molecule has 0 saturated carbocycles. The second-order valence-corrected chi connectivity index (χ2v) is 4.54. The van der Waals surface area contributed by atoms with Crippen molar-refractivity contribution in [2.24, 2.45) is 0 Å². The fraction of sp³-hybridized carbons (Fsp3) is 0.750. The van der Waals surface area contributed by atoms with E-state index in [0.717, 1.165) is 12.8 Å².